The molecule has 5 rings (SSSR count). The molecule has 0 saturated heterocycles. The number of tetrazole rings is 1. The van der Waals surface area contributed by atoms with E-state index in [0.29, 0.717) is 23.5 Å². The molecule has 9 nitrogen and oxygen atoms in total. The summed E-state index contributed by atoms with van der Waals surface area (Å²) in [5.74, 6) is 2.30. The van der Waals surface area contributed by atoms with Gasteiger partial charge in [0.05, 0.1) is 12.2 Å². The predicted molar refractivity (Wildman–Crippen MR) is 128 cm³/mol. The number of nitrogens with zero attached hydrogens (tertiary/aromatic N) is 3. The molecule has 0 bridgehead atoms. The molecule has 2 heterocycles. The van der Waals surface area contributed by atoms with Crippen molar-refractivity contribution in [1.82, 2.24) is 20.6 Å². The molecule has 1 fully saturated rings. The Kier molecular flexibility index (Phi) is 6.94. The Morgan fingerprint density at radius 2 is 1.94 bits per heavy atom. The lowest BCUT2D eigenvalue weighted by Crippen LogP contribution is -2.51. The summed E-state index contributed by atoms with van der Waals surface area (Å²) < 4.78 is 17.7. The van der Waals surface area contributed by atoms with Crippen molar-refractivity contribution in [2.24, 2.45) is 11.7 Å². The number of carbonyl (C=O) groups excluding carboxylic acids is 1. The molecule has 1 aliphatic carbocycles. The van der Waals surface area contributed by atoms with E-state index in [-0.39, 0.29) is 24.0 Å². The van der Waals surface area contributed by atoms with Crippen molar-refractivity contribution in [1.29, 1.82) is 0 Å². The standard InChI is InChI=1S/C26H31N5O4/c27-26(25-28-30-31-29-25)17-34-22-11-6-10-21(24(22)35-26)23(32)19-12-14-20(15-13-19)33-16-5-4-9-18-7-2-1-3-8-18/h6,10-15,18H,1-5,7-9,16-17,27H2,(H,28,29,30,31). The number of nitrogens with one attached hydrogen (secondary N) is 1. The molecule has 1 atom stereocenters. The molecule has 2 aromatic carbocycles. The molecule has 3 N–H and O–H groups in total. The average molecular weight is 478 g/mol. The number of nitrogens with two attached hydrogens (primary N) is 1. The fourth-order valence-corrected chi connectivity index (χ4v) is 4.82. The van der Waals surface area contributed by atoms with Gasteiger partial charge < -0.3 is 14.2 Å². The third-order valence-electron chi connectivity index (χ3n) is 6.79. The highest BCUT2D eigenvalue weighted by atomic mass is 16.6. The van der Waals surface area contributed by atoms with Crippen molar-refractivity contribution in [2.75, 3.05) is 13.2 Å². The maximum absolute atomic E-state index is 13.3. The first-order valence-corrected chi connectivity index (χ1v) is 12.4. The topological polar surface area (TPSA) is 125 Å². The van der Waals surface area contributed by atoms with Crippen molar-refractivity contribution in [2.45, 2.75) is 57.1 Å². The molecule has 0 radical (unpaired) electrons. The Hall–Kier alpha value is -3.46. The van der Waals surface area contributed by atoms with Crippen LogP contribution >= 0.6 is 0 Å². The Morgan fingerprint density at radius 3 is 2.71 bits per heavy atom. The van der Waals surface area contributed by atoms with Crippen LogP contribution in [-0.4, -0.2) is 39.6 Å². The number of H-pyrrole nitrogens is 1. The SMILES string of the molecule is NC1(c2nn[nH]n2)COc2cccc(C(=O)c3ccc(OCCCCC4CCCCC4)cc3)c2O1. The van der Waals surface area contributed by atoms with Crippen LogP contribution in [0, 0.1) is 5.92 Å². The number of aromatic nitrogens is 4. The minimum absolute atomic E-state index is 0.0101. The molecule has 3 aromatic rings. The second-order valence-corrected chi connectivity index (χ2v) is 9.35. The van der Waals surface area contributed by atoms with Crippen molar-refractivity contribution in [3.63, 3.8) is 0 Å². The number of unbranched alkanes of at least 4 members (excludes halogenated alkanes) is 1. The molecule has 1 saturated carbocycles. The van der Waals surface area contributed by atoms with Gasteiger partial charge in [-0.3, -0.25) is 10.5 Å². The lowest BCUT2D eigenvalue weighted by molar-refractivity contribution is -0.0154. The number of para-hydroxylation sites is 1. The first-order valence-electron chi connectivity index (χ1n) is 12.4. The fraction of sp³-hybridized carbons (Fsp3) is 0.462. The second kappa shape index (κ2) is 10.4. The number of carbonyl (C=O) groups is 1. The van der Waals surface area contributed by atoms with E-state index in [0.717, 1.165) is 18.1 Å². The summed E-state index contributed by atoms with van der Waals surface area (Å²) in [5, 5.41) is 13.7. The van der Waals surface area contributed by atoms with E-state index in [2.05, 4.69) is 20.6 Å². The molecule has 0 amide bonds. The van der Waals surface area contributed by atoms with Gasteiger partial charge in [0.2, 0.25) is 5.82 Å². The predicted octanol–water partition coefficient (Wildman–Crippen LogP) is 4.14. The second-order valence-electron chi connectivity index (χ2n) is 9.35. The van der Waals surface area contributed by atoms with E-state index in [1.165, 1.54) is 44.9 Å². The Balaban J connectivity index is 1.20. The van der Waals surface area contributed by atoms with Gasteiger partial charge in [-0.1, -0.05) is 44.6 Å². The summed E-state index contributed by atoms with van der Waals surface area (Å²) in [7, 11) is 0. The smallest absolute Gasteiger partial charge is 0.257 e. The number of aromatic amines is 1. The number of ether oxygens (including phenoxy) is 3. The number of benzene rings is 2. The quantitative estimate of drug-likeness (QED) is 0.348. The van der Waals surface area contributed by atoms with Crippen molar-refractivity contribution < 1.29 is 19.0 Å². The van der Waals surface area contributed by atoms with Gasteiger partial charge in [-0.15, -0.1) is 10.2 Å². The van der Waals surface area contributed by atoms with Gasteiger partial charge in [0.25, 0.3) is 5.72 Å². The van der Waals surface area contributed by atoms with Crippen LogP contribution in [0.5, 0.6) is 17.2 Å². The van der Waals surface area contributed by atoms with Gasteiger partial charge in [0.1, 0.15) is 12.4 Å². The first-order chi connectivity index (χ1) is 17.1. The number of hydrogen-bond donors (Lipinski definition) is 2. The summed E-state index contributed by atoms with van der Waals surface area (Å²) in [5.41, 5.74) is 5.72. The molecule has 1 aliphatic heterocycles. The molecule has 184 valence electrons. The molecule has 1 unspecified atom stereocenters. The van der Waals surface area contributed by atoms with E-state index in [1.807, 2.05) is 12.1 Å². The maximum Gasteiger partial charge on any atom is 0.257 e. The van der Waals surface area contributed by atoms with E-state index >= 15 is 0 Å². The van der Waals surface area contributed by atoms with E-state index in [4.69, 9.17) is 19.9 Å². The number of ketones is 1. The van der Waals surface area contributed by atoms with Crippen LogP contribution in [0.3, 0.4) is 0 Å². The Bertz CT molecular complexity index is 1130. The van der Waals surface area contributed by atoms with Crippen LogP contribution in [0.4, 0.5) is 0 Å². The largest absolute Gasteiger partial charge is 0.494 e. The summed E-state index contributed by atoms with van der Waals surface area (Å²) in [4.78, 5) is 13.3. The van der Waals surface area contributed by atoms with Crippen LogP contribution in [0.15, 0.2) is 42.5 Å². The highest BCUT2D eigenvalue weighted by Gasteiger charge is 2.41. The zero-order valence-corrected chi connectivity index (χ0v) is 19.7. The zero-order chi connectivity index (χ0) is 24.1. The molecule has 0 spiro atoms. The summed E-state index contributed by atoms with van der Waals surface area (Å²) in [6, 6.07) is 12.3. The lowest BCUT2D eigenvalue weighted by Gasteiger charge is -2.33. The van der Waals surface area contributed by atoms with Gasteiger partial charge in [-0.25, -0.2) is 0 Å². The molecular weight excluding hydrogens is 446 g/mol. The highest BCUT2D eigenvalue weighted by Crippen LogP contribution is 2.40. The molecule has 35 heavy (non-hydrogen) atoms. The van der Waals surface area contributed by atoms with Crippen LogP contribution in [0.2, 0.25) is 0 Å². The van der Waals surface area contributed by atoms with Gasteiger partial charge in [0.15, 0.2) is 17.3 Å². The van der Waals surface area contributed by atoms with Crippen molar-refractivity contribution in [3.05, 3.63) is 59.4 Å². The number of rotatable bonds is 9. The van der Waals surface area contributed by atoms with E-state index in [9.17, 15) is 4.79 Å². The van der Waals surface area contributed by atoms with Crippen LogP contribution in [0.25, 0.3) is 0 Å². The van der Waals surface area contributed by atoms with Crippen LogP contribution in [-0.2, 0) is 5.72 Å². The lowest BCUT2D eigenvalue weighted by atomic mass is 9.86. The Labute approximate surface area is 204 Å². The van der Waals surface area contributed by atoms with Crippen molar-refractivity contribution in [3.8, 4) is 17.2 Å². The fourth-order valence-electron chi connectivity index (χ4n) is 4.82. The van der Waals surface area contributed by atoms with Gasteiger partial charge in [-0.05, 0) is 60.4 Å². The van der Waals surface area contributed by atoms with Gasteiger partial charge >= 0.3 is 0 Å². The van der Waals surface area contributed by atoms with Gasteiger partial charge in [0, 0.05) is 5.56 Å². The van der Waals surface area contributed by atoms with E-state index < -0.39 is 5.72 Å². The zero-order valence-electron chi connectivity index (χ0n) is 19.7. The van der Waals surface area contributed by atoms with Crippen molar-refractivity contribution >= 4 is 5.78 Å². The summed E-state index contributed by atoms with van der Waals surface area (Å²) >= 11 is 0. The number of fused-ring (bicyclic) bond motifs is 1. The van der Waals surface area contributed by atoms with Crippen LogP contribution in [0.1, 0.15) is 73.1 Å². The summed E-state index contributed by atoms with van der Waals surface area (Å²) in [6.45, 7) is 0.677. The molecule has 9 heteroatoms. The molecule has 1 aromatic heterocycles. The summed E-state index contributed by atoms with van der Waals surface area (Å²) in [6.07, 6.45) is 10.5. The average Bonchev–Trinajstić information content (AvgIpc) is 3.45. The monoisotopic (exact) mass is 477 g/mol. The molecule has 2 aliphatic rings. The normalized spacial score (nSPS) is 19.9. The molecular formula is C26H31N5O4. The Morgan fingerprint density at radius 1 is 1.11 bits per heavy atom. The minimum atomic E-state index is -1.45. The first kappa shape index (κ1) is 23.3. The third-order valence-corrected chi connectivity index (χ3v) is 6.79. The minimum Gasteiger partial charge on any atom is -0.494 e. The third kappa shape index (κ3) is 5.30. The number of hydrogen-bond acceptors (Lipinski definition) is 8. The highest BCUT2D eigenvalue weighted by molar-refractivity contribution is 6.11. The van der Waals surface area contributed by atoms with Crippen LogP contribution < -0.4 is 19.9 Å². The van der Waals surface area contributed by atoms with Gasteiger partial charge in [-0.2, -0.15) is 5.21 Å². The maximum atomic E-state index is 13.3. The van der Waals surface area contributed by atoms with E-state index in [1.54, 1.807) is 30.3 Å².